The van der Waals surface area contributed by atoms with Crippen molar-refractivity contribution in [2.24, 2.45) is 23.7 Å². The molecule has 0 aliphatic heterocycles. The highest BCUT2D eigenvalue weighted by molar-refractivity contribution is 5.85. The van der Waals surface area contributed by atoms with Gasteiger partial charge in [-0.05, 0) is 12.8 Å². The first kappa shape index (κ1) is 9.24. The van der Waals surface area contributed by atoms with E-state index in [-0.39, 0.29) is 0 Å². The fourth-order valence-corrected chi connectivity index (χ4v) is 1.93. The number of nitrogens with zero attached hydrogens (tertiary/aromatic N) is 3. The van der Waals surface area contributed by atoms with Crippen LogP contribution in [0, 0.1) is 5.92 Å². The maximum absolute atomic E-state index is 5.93. The molecule has 1 saturated carbocycles. The van der Waals surface area contributed by atoms with Gasteiger partial charge >= 0.3 is 0 Å². The minimum absolute atomic E-state index is 0.496. The molecule has 0 aromatic carbocycles. The summed E-state index contributed by atoms with van der Waals surface area (Å²) in [6.07, 6.45) is 8.57. The lowest BCUT2D eigenvalue weighted by Crippen LogP contribution is -2.20. The molecule has 1 aromatic rings. The van der Waals surface area contributed by atoms with E-state index in [9.17, 15) is 0 Å². The third kappa shape index (κ3) is 1.95. The van der Waals surface area contributed by atoms with Crippen LogP contribution in [0.4, 0.5) is 5.69 Å². The standard InChI is InChI=1S/C10H16N4/c1-14-7-9(6-12-14)13-10(11)8-4-2-3-5-8/h6-8H,2-5H2,1H3,(H2,11,13). The molecule has 4 heteroatoms. The normalized spacial score (nSPS) is 19.1. The Bertz CT molecular complexity index is 334. The molecule has 76 valence electrons. The SMILES string of the molecule is Cn1cc(N=C(N)C2CCCC2)cn1. The fraction of sp³-hybridized carbons (Fsp3) is 0.600. The molecule has 0 amide bonds. The molecule has 14 heavy (non-hydrogen) atoms. The number of nitrogens with two attached hydrogens (primary N) is 1. The summed E-state index contributed by atoms with van der Waals surface area (Å²) < 4.78 is 1.74. The first-order chi connectivity index (χ1) is 6.75. The van der Waals surface area contributed by atoms with Crippen LogP contribution in [-0.2, 0) is 7.05 Å². The van der Waals surface area contributed by atoms with Crippen molar-refractivity contribution in [2.75, 3.05) is 0 Å². The van der Waals surface area contributed by atoms with E-state index in [0.717, 1.165) is 11.5 Å². The number of rotatable bonds is 2. The van der Waals surface area contributed by atoms with Crippen molar-refractivity contribution in [3.05, 3.63) is 12.4 Å². The van der Waals surface area contributed by atoms with Gasteiger partial charge < -0.3 is 5.73 Å². The van der Waals surface area contributed by atoms with Gasteiger partial charge in [0, 0.05) is 13.0 Å². The summed E-state index contributed by atoms with van der Waals surface area (Å²) in [6.45, 7) is 0. The summed E-state index contributed by atoms with van der Waals surface area (Å²) in [6, 6.07) is 0. The van der Waals surface area contributed by atoms with Crippen LogP contribution >= 0.6 is 0 Å². The van der Waals surface area contributed by atoms with Crippen LogP contribution in [0.5, 0.6) is 0 Å². The number of amidine groups is 1. The average molecular weight is 192 g/mol. The highest BCUT2D eigenvalue weighted by Gasteiger charge is 2.18. The van der Waals surface area contributed by atoms with Gasteiger partial charge in [0.2, 0.25) is 0 Å². The quantitative estimate of drug-likeness (QED) is 0.571. The predicted octanol–water partition coefficient (Wildman–Crippen LogP) is 1.60. The topological polar surface area (TPSA) is 56.2 Å². The third-order valence-corrected chi connectivity index (χ3v) is 2.72. The van der Waals surface area contributed by atoms with Crippen LogP contribution in [0.2, 0.25) is 0 Å². The molecule has 0 saturated heterocycles. The van der Waals surface area contributed by atoms with E-state index in [1.165, 1.54) is 25.7 Å². The molecule has 4 nitrogen and oxygen atoms in total. The Hall–Kier alpha value is -1.32. The molecule has 1 aromatic heterocycles. The molecular weight excluding hydrogens is 176 g/mol. The number of aryl methyl sites for hydroxylation is 1. The van der Waals surface area contributed by atoms with Crippen LogP contribution in [0.1, 0.15) is 25.7 Å². The smallest absolute Gasteiger partial charge is 0.103 e. The van der Waals surface area contributed by atoms with Gasteiger partial charge in [0.1, 0.15) is 11.5 Å². The molecule has 0 radical (unpaired) electrons. The Kier molecular flexibility index (Phi) is 2.52. The van der Waals surface area contributed by atoms with Crippen molar-refractivity contribution in [1.82, 2.24) is 9.78 Å². The van der Waals surface area contributed by atoms with Crippen molar-refractivity contribution in [3.63, 3.8) is 0 Å². The predicted molar refractivity (Wildman–Crippen MR) is 56.4 cm³/mol. The fourth-order valence-electron chi connectivity index (χ4n) is 1.93. The third-order valence-electron chi connectivity index (χ3n) is 2.72. The van der Waals surface area contributed by atoms with Crippen molar-refractivity contribution in [3.8, 4) is 0 Å². The van der Waals surface area contributed by atoms with Gasteiger partial charge in [0.25, 0.3) is 0 Å². The van der Waals surface area contributed by atoms with Crippen molar-refractivity contribution in [2.45, 2.75) is 25.7 Å². The van der Waals surface area contributed by atoms with Gasteiger partial charge in [-0.2, -0.15) is 5.10 Å². The number of hydrogen-bond donors (Lipinski definition) is 1. The van der Waals surface area contributed by atoms with Gasteiger partial charge in [-0.15, -0.1) is 0 Å². The molecule has 0 spiro atoms. The van der Waals surface area contributed by atoms with Gasteiger partial charge in [0.15, 0.2) is 0 Å². The zero-order valence-electron chi connectivity index (χ0n) is 8.48. The van der Waals surface area contributed by atoms with Crippen molar-refractivity contribution >= 4 is 11.5 Å². The highest BCUT2D eigenvalue weighted by atomic mass is 15.2. The first-order valence-electron chi connectivity index (χ1n) is 5.08. The summed E-state index contributed by atoms with van der Waals surface area (Å²) in [5.74, 6) is 1.27. The van der Waals surface area contributed by atoms with Crippen LogP contribution in [-0.4, -0.2) is 15.6 Å². The second kappa shape index (κ2) is 3.82. The molecule has 0 bridgehead atoms. The van der Waals surface area contributed by atoms with Crippen LogP contribution in [0.15, 0.2) is 17.4 Å². The Morgan fingerprint density at radius 1 is 1.57 bits per heavy atom. The Morgan fingerprint density at radius 2 is 2.29 bits per heavy atom. The van der Waals surface area contributed by atoms with E-state index in [1.54, 1.807) is 10.9 Å². The van der Waals surface area contributed by atoms with Gasteiger partial charge in [-0.3, -0.25) is 4.68 Å². The lowest BCUT2D eigenvalue weighted by Gasteiger charge is -2.06. The van der Waals surface area contributed by atoms with E-state index < -0.39 is 0 Å². The van der Waals surface area contributed by atoms with E-state index in [0.29, 0.717) is 5.92 Å². The molecule has 2 N–H and O–H groups in total. The Labute approximate surface area is 83.8 Å². The van der Waals surface area contributed by atoms with Crippen LogP contribution in [0.3, 0.4) is 0 Å². The Balaban J connectivity index is 2.09. The molecule has 1 aliphatic carbocycles. The van der Waals surface area contributed by atoms with Crippen LogP contribution < -0.4 is 5.73 Å². The summed E-state index contributed by atoms with van der Waals surface area (Å²) >= 11 is 0. The average Bonchev–Trinajstić information content (AvgIpc) is 2.75. The number of hydrogen-bond acceptors (Lipinski definition) is 2. The molecule has 2 rings (SSSR count). The highest BCUT2D eigenvalue weighted by Crippen LogP contribution is 2.25. The molecular formula is C10H16N4. The zero-order valence-corrected chi connectivity index (χ0v) is 8.48. The van der Waals surface area contributed by atoms with E-state index in [1.807, 2.05) is 13.2 Å². The number of aromatic nitrogens is 2. The van der Waals surface area contributed by atoms with E-state index in [4.69, 9.17) is 5.73 Å². The Morgan fingerprint density at radius 3 is 2.86 bits per heavy atom. The molecule has 1 aliphatic rings. The largest absolute Gasteiger partial charge is 0.387 e. The van der Waals surface area contributed by atoms with Gasteiger partial charge in [-0.25, -0.2) is 4.99 Å². The lowest BCUT2D eigenvalue weighted by atomic mass is 10.1. The summed E-state index contributed by atoms with van der Waals surface area (Å²) in [5.41, 5.74) is 6.79. The summed E-state index contributed by atoms with van der Waals surface area (Å²) in [7, 11) is 1.88. The van der Waals surface area contributed by atoms with Crippen molar-refractivity contribution < 1.29 is 0 Å². The monoisotopic (exact) mass is 192 g/mol. The maximum atomic E-state index is 5.93. The van der Waals surface area contributed by atoms with Crippen molar-refractivity contribution in [1.29, 1.82) is 0 Å². The summed E-state index contributed by atoms with van der Waals surface area (Å²) in [5, 5.41) is 4.05. The van der Waals surface area contributed by atoms with Gasteiger partial charge in [-0.1, -0.05) is 12.8 Å². The molecule has 0 unspecified atom stereocenters. The van der Waals surface area contributed by atoms with E-state index in [2.05, 4.69) is 10.1 Å². The zero-order chi connectivity index (χ0) is 9.97. The number of aliphatic imine (C=N–C) groups is 1. The first-order valence-corrected chi connectivity index (χ1v) is 5.08. The lowest BCUT2D eigenvalue weighted by molar-refractivity contribution is 0.722. The minimum atomic E-state index is 0.496. The minimum Gasteiger partial charge on any atom is -0.387 e. The molecule has 0 atom stereocenters. The van der Waals surface area contributed by atoms with E-state index >= 15 is 0 Å². The summed E-state index contributed by atoms with van der Waals surface area (Å²) in [4.78, 5) is 4.37. The second-order valence-corrected chi connectivity index (χ2v) is 3.89. The van der Waals surface area contributed by atoms with Gasteiger partial charge in [0.05, 0.1) is 12.4 Å². The second-order valence-electron chi connectivity index (χ2n) is 3.89. The molecule has 1 fully saturated rings. The molecule has 1 heterocycles. The van der Waals surface area contributed by atoms with Crippen LogP contribution in [0.25, 0.3) is 0 Å². The maximum Gasteiger partial charge on any atom is 0.103 e.